The Bertz CT molecular complexity index is 755. The summed E-state index contributed by atoms with van der Waals surface area (Å²) >= 11 is 0. The molecule has 2 rings (SSSR count). The quantitative estimate of drug-likeness (QED) is 0.501. The number of carbonyl (C=O) groups excluding carboxylic acids is 1. The molecule has 0 radical (unpaired) electrons. The van der Waals surface area contributed by atoms with Crippen LogP contribution in [-0.4, -0.2) is 15.6 Å². The molecule has 2 aromatic rings. The molecule has 22 heavy (non-hydrogen) atoms. The number of benzene rings is 2. The van der Waals surface area contributed by atoms with Crippen molar-refractivity contribution in [3.63, 3.8) is 0 Å². The van der Waals surface area contributed by atoms with E-state index in [0.29, 0.717) is 16.7 Å². The molecule has 0 aliphatic rings. The van der Waals surface area contributed by atoms with Crippen molar-refractivity contribution in [1.82, 2.24) is 0 Å². The van der Waals surface area contributed by atoms with E-state index in [2.05, 4.69) is 6.58 Å². The van der Waals surface area contributed by atoms with Crippen molar-refractivity contribution in [3.8, 4) is 0 Å². The molecule has 0 unspecified atom stereocenters. The van der Waals surface area contributed by atoms with E-state index in [1.165, 1.54) is 6.08 Å². The zero-order valence-corrected chi connectivity index (χ0v) is 12.6. The highest BCUT2D eigenvalue weighted by Gasteiger charge is 2.11. The molecule has 112 valence electrons. The number of Topliss-reactive ketones (excluding diaryl/α,β-unsaturated/α-hetero) is 1. The van der Waals surface area contributed by atoms with Crippen LogP contribution in [0.15, 0.2) is 67.0 Å². The summed E-state index contributed by atoms with van der Waals surface area (Å²) in [4.78, 5) is 29.9. The highest BCUT2D eigenvalue weighted by molar-refractivity contribution is 7.55. The molecule has 0 spiro atoms. The molecular weight excluding hydrogens is 299 g/mol. The SMILES string of the molecule is C=C(C(=O)c1ccc(/C=C/P(=O)(O)O)cc1)c1ccccc1. The minimum Gasteiger partial charge on any atom is -0.321 e. The van der Waals surface area contributed by atoms with Gasteiger partial charge in [0.05, 0.1) is 0 Å². The van der Waals surface area contributed by atoms with E-state index < -0.39 is 7.60 Å². The van der Waals surface area contributed by atoms with Crippen molar-refractivity contribution in [2.24, 2.45) is 0 Å². The second-order valence-electron chi connectivity index (χ2n) is 4.70. The van der Waals surface area contributed by atoms with Crippen LogP contribution in [0.3, 0.4) is 0 Å². The van der Waals surface area contributed by atoms with Gasteiger partial charge in [-0.15, -0.1) is 0 Å². The van der Waals surface area contributed by atoms with E-state index in [9.17, 15) is 9.36 Å². The molecule has 0 fully saturated rings. The second kappa shape index (κ2) is 6.67. The summed E-state index contributed by atoms with van der Waals surface area (Å²) in [5.41, 5.74) is 2.24. The van der Waals surface area contributed by atoms with Crippen molar-refractivity contribution < 1.29 is 19.1 Å². The van der Waals surface area contributed by atoms with Crippen LogP contribution in [0.1, 0.15) is 21.5 Å². The third-order valence-electron chi connectivity index (χ3n) is 3.03. The predicted octanol–water partition coefficient (Wildman–Crippen LogP) is 3.73. The van der Waals surface area contributed by atoms with E-state index in [1.54, 1.807) is 24.3 Å². The summed E-state index contributed by atoms with van der Waals surface area (Å²) in [6.07, 6.45) is 1.32. The van der Waals surface area contributed by atoms with Gasteiger partial charge in [-0.1, -0.05) is 61.2 Å². The van der Waals surface area contributed by atoms with Crippen molar-refractivity contribution >= 4 is 25.0 Å². The Balaban J connectivity index is 2.17. The first kappa shape index (κ1) is 16.1. The minimum absolute atomic E-state index is 0.184. The Hall–Kier alpha value is -2.26. The van der Waals surface area contributed by atoms with Crippen LogP contribution in [0.4, 0.5) is 0 Å². The van der Waals surface area contributed by atoms with Crippen LogP contribution in [-0.2, 0) is 4.57 Å². The number of allylic oxidation sites excluding steroid dienone is 1. The Morgan fingerprint density at radius 2 is 1.55 bits per heavy atom. The highest BCUT2D eigenvalue weighted by atomic mass is 31.2. The molecule has 0 atom stereocenters. The number of carbonyl (C=O) groups is 1. The topological polar surface area (TPSA) is 74.6 Å². The molecule has 0 aromatic heterocycles. The summed E-state index contributed by atoms with van der Waals surface area (Å²) in [7, 11) is -4.18. The normalized spacial score (nSPS) is 11.5. The third-order valence-corrected chi connectivity index (χ3v) is 3.57. The number of ketones is 1. The summed E-state index contributed by atoms with van der Waals surface area (Å²) in [6.45, 7) is 3.83. The fraction of sp³-hybridized carbons (Fsp3) is 0. The maximum atomic E-state index is 12.3. The second-order valence-corrected chi connectivity index (χ2v) is 6.18. The van der Waals surface area contributed by atoms with Gasteiger partial charge in [0.2, 0.25) is 0 Å². The van der Waals surface area contributed by atoms with Gasteiger partial charge >= 0.3 is 7.60 Å². The molecular formula is C17H15O4P. The molecule has 2 N–H and O–H groups in total. The van der Waals surface area contributed by atoms with Gasteiger partial charge in [0.1, 0.15) is 0 Å². The van der Waals surface area contributed by atoms with Gasteiger partial charge in [0.25, 0.3) is 0 Å². The van der Waals surface area contributed by atoms with Crippen LogP contribution in [0.25, 0.3) is 11.6 Å². The molecule has 4 nitrogen and oxygen atoms in total. The van der Waals surface area contributed by atoms with Gasteiger partial charge < -0.3 is 9.79 Å². The number of hydrogen-bond donors (Lipinski definition) is 2. The van der Waals surface area contributed by atoms with Crippen LogP contribution in [0.2, 0.25) is 0 Å². The standard InChI is InChI=1S/C17H15O4P/c1-13(15-5-3-2-4-6-15)17(18)16-9-7-14(8-10-16)11-12-22(19,20)21/h2-12H,1H2,(H2,19,20,21)/b12-11+. The smallest absolute Gasteiger partial charge is 0.321 e. The van der Waals surface area contributed by atoms with Crippen molar-refractivity contribution in [2.45, 2.75) is 0 Å². The zero-order valence-electron chi connectivity index (χ0n) is 11.7. The molecule has 0 saturated heterocycles. The molecule has 2 aromatic carbocycles. The minimum atomic E-state index is -4.18. The average Bonchev–Trinajstić information content (AvgIpc) is 2.52. The van der Waals surface area contributed by atoms with Crippen molar-refractivity contribution in [1.29, 1.82) is 0 Å². The van der Waals surface area contributed by atoms with Gasteiger partial charge in [0.15, 0.2) is 5.78 Å². The fourth-order valence-corrected chi connectivity index (χ4v) is 2.24. The number of rotatable bonds is 5. The average molecular weight is 314 g/mol. The Kier molecular flexibility index (Phi) is 4.88. The molecule has 5 heteroatoms. The third kappa shape index (κ3) is 4.37. The highest BCUT2D eigenvalue weighted by Crippen LogP contribution is 2.36. The largest absolute Gasteiger partial charge is 0.349 e. The van der Waals surface area contributed by atoms with Crippen LogP contribution < -0.4 is 0 Å². The maximum Gasteiger partial charge on any atom is 0.349 e. The fourth-order valence-electron chi connectivity index (χ4n) is 1.87. The lowest BCUT2D eigenvalue weighted by atomic mass is 9.98. The monoisotopic (exact) mass is 314 g/mol. The lowest BCUT2D eigenvalue weighted by Crippen LogP contribution is -2.01. The van der Waals surface area contributed by atoms with Gasteiger partial charge in [-0.3, -0.25) is 9.36 Å². The first-order chi connectivity index (χ1) is 10.4. The molecule has 0 heterocycles. The molecule has 0 aliphatic carbocycles. The van der Waals surface area contributed by atoms with Gasteiger partial charge in [-0.25, -0.2) is 0 Å². The Morgan fingerprint density at radius 3 is 2.09 bits per heavy atom. The first-order valence-corrected chi connectivity index (χ1v) is 8.18. The summed E-state index contributed by atoms with van der Waals surface area (Å²) < 4.78 is 10.8. The molecule has 0 saturated carbocycles. The van der Waals surface area contributed by atoms with Crippen molar-refractivity contribution in [2.75, 3.05) is 0 Å². The molecule has 0 aliphatic heterocycles. The molecule has 0 amide bonds. The van der Waals surface area contributed by atoms with Gasteiger partial charge in [-0.05, 0) is 17.2 Å². The van der Waals surface area contributed by atoms with Crippen LogP contribution in [0.5, 0.6) is 0 Å². The van der Waals surface area contributed by atoms with E-state index in [0.717, 1.165) is 11.4 Å². The van der Waals surface area contributed by atoms with Crippen LogP contribution >= 0.6 is 7.60 Å². The van der Waals surface area contributed by atoms with Gasteiger partial charge in [-0.2, -0.15) is 0 Å². The van der Waals surface area contributed by atoms with E-state index in [1.807, 2.05) is 30.3 Å². The molecule has 0 bridgehead atoms. The predicted molar refractivity (Wildman–Crippen MR) is 87.3 cm³/mol. The van der Waals surface area contributed by atoms with E-state index in [4.69, 9.17) is 9.79 Å². The lowest BCUT2D eigenvalue weighted by molar-refractivity contribution is 0.105. The summed E-state index contributed by atoms with van der Waals surface area (Å²) in [6, 6.07) is 15.6. The number of hydrogen-bond acceptors (Lipinski definition) is 2. The maximum absolute atomic E-state index is 12.3. The zero-order chi connectivity index (χ0) is 16.2. The van der Waals surface area contributed by atoms with E-state index >= 15 is 0 Å². The first-order valence-electron chi connectivity index (χ1n) is 6.50. The van der Waals surface area contributed by atoms with Gasteiger partial charge in [0, 0.05) is 17.0 Å². The Morgan fingerprint density at radius 1 is 0.955 bits per heavy atom. The summed E-state index contributed by atoms with van der Waals surface area (Å²) in [5.74, 6) is 0.643. The van der Waals surface area contributed by atoms with Crippen molar-refractivity contribution in [3.05, 3.63) is 83.7 Å². The van der Waals surface area contributed by atoms with E-state index in [-0.39, 0.29) is 5.78 Å². The van der Waals surface area contributed by atoms with Crippen LogP contribution in [0, 0.1) is 0 Å². The Labute approximate surface area is 128 Å². The lowest BCUT2D eigenvalue weighted by Gasteiger charge is -2.05. The summed E-state index contributed by atoms with van der Waals surface area (Å²) in [5, 5.41) is 0.